The number of benzene rings is 2. The largest absolute Gasteiger partial charge is 0.507 e. The summed E-state index contributed by atoms with van der Waals surface area (Å²) in [6.07, 6.45) is 5.05. The summed E-state index contributed by atoms with van der Waals surface area (Å²) in [5, 5.41) is 11.4. The number of nitrogens with zero attached hydrogens (tertiary/aromatic N) is 1. The highest BCUT2D eigenvalue weighted by atomic mass is 16.5. The molecule has 1 aliphatic heterocycles. The Morgan fingerprint density at radius 2 is 1.70 bits per heavy atom. The molecule has 5 nitrogen and oxygen atoms in total. The molecule has 0 aromatic heterocycles. The topological polar surface area (TPSA) is 66.8 Å². The van der Waals surface area contributed by atoms with Crippen LogP contribution in [0, 0.1) is 13.8 Å². The number of hydrogen-bond donors (Lipinski definition) is 1. The molecule has 2 aromatic rings. The molecule has 2 aromatic carbocycles. The summed E-state index contributed by atoms with van der Waals surface area (Å²) in [6.45, 7) is 7.82. The lowest BCUT2D eigenvalue weighted by molar-refractivity contribution is -0.141. The lowest BCUT2D eigenvalue weighted by atomic mass is 9.89. The summed E-state index contributed by atoms with van der Waals surface area (Å²) in [5.41, 5.74) is 3.44. The third kappa shape index (κ3) is 4.41. The molecule has 33 heavy (non-hydrogen) atoms. The second-order valence-electron chi connectivity index (χ2n) is 9.50. The molecule has 0 radical (unpaired) electrons. The van der Waals surface area contributed by atoms with Crippen LogP contribution in [0.2, 0.25) is 0 Å². The van der Waals surface area contributed by atoms with E-state index in [1.807, 2.05) is 64.1 Å². The summed E-state index contributed by atoms with van der Waals surface area (Å²) < 4.78 is 5.82. The van der Waals surface area contributed by atoms with Gasteiger partial charge < -0.3 is 14.7 Å². The number of aliphatic hydroxyl groups is 1. The maximum absolute atomic E-state index is 13.3. The maximum Gasteiger partial charge on any atom is 0.295 e. The molecule has 1 aliphatic carbocycles. The SMILES string of the molecule is Cc1cc(/C(O)=C2\C(=O)C(=O)N(C3CCCCC3)C2c2ccccc2C)ccc1OC(C)C. The van der Waals surface area contributed by atoms with E-state index in [-0.39, 0.29) is 23.5 Å². The Bertz CT molecular complexity index is 1090. The molecule has 1 atom stereocenters. The Balaban J connectivity index is 1.85. The average molecular weight is 448 g/mol. The molecule has 1 N–H and O–H groups in total. The first-order valence-corrected chi connectivity index (χ1v) is 11.9. The first-order chi connectivity index (χ1) is 15.8. The van der Waals surface area contributed by atoms with E-state index in [1.165, 1.54) is 0 Å². The van der Waals surface area contributed by atoms with Crippen LogP contribution in [0.1, 0.15) is 74.2 Å². The minimum Gasteiger partial charge on any atom is -0.507 e. The fourth-order valence-electron chi connectivity index (χ4n) is 5.12. The van der Waals surface area contributed by atoms with Crippen molar-refractivity contribution >= 4 is 17.4 Å². The third-order valence-electron chi connectivity index (χ3n) is 6.74. The van der Waals surface area contributed by atoms with Gasteiger partial charge in [-0.2, -0.15) is 0 Å². The number of carbonyl (C=O) groups is 2. The lowest BCUT2D eigenvalue weighted by Gasteiger charge is -2.36. The van der Waals surface area contributed by atoms with Crippen LogP contribution in [0.15, 0.2) is 48.0 Å². The quantitative estimate of drug-likeness (QED) is 0.355. The van der Waals surface area contributed by atoms with Gasteiger partial charge in [-0.05, 0) is 75.4 Å². The van der Waals surface area contributed by atoms with Crippen molar-refractivity contribution < 1.29 is 19.4 Å². The fourth-order valence-corrected chi connectivity index (χ4v) is 5.12. The summed E-state index contributed by atoms with van der Waals surface area (Å²) in [5.74, 6) is -0.501. The number of hydrogen-bond acceptors (Lipinski definition) is 4. The molecule has 2 aliphatic rings. The number of likely N-dealkylation sites (tertiary alicyclic amines) is 1. The van der Waals surface area contributed by atoms with Gasteiger partial charge in [-0.3, -0.25) is 9.59 Å². The number of aliphatic hydroxyl groups excluding tert-OH is 1. The van der Waals surface area contributed by atoms with Gasteiger partial charge in [0.05, 0.1) is 17.7 Å². The second-order valence-corrected chi connectivity index (χ2v) is 9.50. The average Bonchev–Trinajstić information content (AvgIpc) is 3.05. The number of ketones is 1. The monoisotopic (exact) mass is 447 g/mol. The van der Waals surface area contributed by atoms with Crippen LogP contribution < -0.4 is 4.74 Å². The summed E-state index contributed by atoms with van der Waals surface area (Å²) in [7, 11) is 0. The van der Waals surface area contributed by atoms with Crippen molar-refractivity contribution in [2.75, 3.05) is 0 Å². The summed E-state index contributed by atoms with van der Waals surface area (Å²) in [6, 6.07) is 12.6. The normalized spacial score (nSPS) is 21.1. The van der Waals surface area contributed by atoms with Gasteiger partial charge in [-0.25, -0.2) is 0 Å². The molecule has 5 heteroatoms. The smallest absolute Gasteiger partial charge is 0.295 e. The zero-order chi connectivity index (χ0) is 23.7. The summed E-state index contributed by atoms with van der Waals surface area (Å²) in [4.78, 5) is 28.4. The van der Waals surface area contributed by atoms with E-state index in [4.69, 9.17) is 4.74 Å². The molecule has 1 saturated heterocycles. The lowest BCUT2D eigenvalue weighted by Crippen LogP contribution is -2.40. The predicted octanol–water partition coefficient (Wildman–Crippen LogP) is 5.85. The minimum atomic E-state index is -0.605. The van der Waals surface area contributed by atoms with Crippen LogP contribution in [0.25, 0.3) is 5.76 Å². The van der Waals surface area contributed by atoms with E-state index in [0.29, 0.717) is 5.56 Å². The van der Waals surface area contributed by atoms with Crippen molar-refractivity contribution in [3.05, 3.63) is 70.3 Å². The van der Waals surface area contributed by atoms with Crippen LogP contribution in [0.4, 0.5) is 0 Å². The van der Waals surface area contributed by atoms with E-state index in [1.54, 1.807) is 11.0 Å². The summed E-state index contributed by atoms with van der Waals surface area (Å²) >= 11 is 0. The van der Waals surface area contributed by atoms with Crippen LogP contribution >= 0.6 is 0 Å². The van der Waals surface area contributed by atoms with Gasteiger partial charge in [0.2, 0.25) is 0 Å². The molecule has 1 saturated carbocycles. The van der Waals surface area contributed by atoms with Crippen LogP contribution in [0.3, 0.4) is 0 Å². The Morgan fingerprint density at radius 3 is 2.33 bits per heavy atom. The first kappa shape index (κ1) is 23.1. The Morgan fingerprint density at radius 1 is 1.00 bits per heavy atom. The van der Waals surface area contributed by atoms with E-state index in [9.17, 15) is 14.7 Å². The second kappa shape index (κ2) is 9.42. The van der Waals surface area contributed by atoms with Crippen molar-refractivity contribution in [3.63, 3.8) is 0 Å². The van der Waals surface area contributed by atoms with Crippen molar-refractivity contribution in [2.45, 2.75) is 78.0 Å². The fraction of sp³-hybridized carbons (Fsp3) is 0.429. The molecule has 1 amide bonds. The predicted molar refractivity (Wildman–Crippen MR) is 129 cm³/mol. The van der Waals surface area contributed by atoms with Crippen molar-refractivity contribution in [1.29, 1.82) is 0 Å². The van der Waals surface area contributed by atoms with Gasteiger partial charge >= 0.3 is 0 Å². The Hall–Kier alpha value is -3.08. The number of Topliss-reactive ketones (excluding diaryl/α,β-unsaturated/α-hetero) is 1. The molecule has 0 spiro atoms. The third-order valence-corrected chi connectivity index (χ3v) is 6.74. The molecular formula is C28H33NO4. The Labute approximate surface area is 196 Å². The van der Waals surface area contributed by atoms with Crippen molar-refractivity contribution in [2.24, 2.45) is 0 Å². The molecule has 2 fully saturated rings. The van der Waals surface area contributed by atoms with Gasteiger partial charge in [-0.1, -0.05) is 43.5 Å². The van der Waals surface area contributed by atoms with E-state index >= 15 is 0 Å². The van der Waals surface area contributed by atoms with E-state index < -0.39 is 17.7 Å². The molecule has 4 rings (SSSR count). The highest BCUT2D eigenvalue weighted by Gasteiger charge is 2.49. The van der Waals surface area contributed by atoms with Gasteiger partial charge in [0.25, 0.3) is 11.7 Å². The zero-order valence-electron chi connectivity index (χ0n) is 19.9. The Kier molecular flexibility index (Phi) is 6.59. The molecule has 0 bridgehead atoms. The van der Waals surface area contributed by atoms with Crippen LogP contribution in [-0.4, -0.2) is 33.8 Å². The number of aryl methyl sites for hydroxylation is 2. The zero-order valence-corrected chi connectivity index (χ0v) is 19.9. The van der Waals surface area contributed by atoms with E-state index in [2.05, 4.69) is 0 Å². The van der Waals surface area contributed by atoms with Gasteiger partial charge in [0, 0.05) is 11.6 Å². The minimum absolute atomic E-state index is 0.00802. The van der Waals surface area contributed by atoms with Gasteiger partial charge in [-0.15, -0.1) is 0 Å². The highest BCUT2D eigenvalue weighted by molar-refractivity contribution is 6.46. The standard InChI is InChI=1S/C28H33NO4/c1-17(2)33-23-15-14-20(16-19(23)4)26(30)24-25(22-13-9-8-10-18(22)3)29(28(32)27(24)31)21-11-6-5-7-12-21/h8-10,13-17,21,25,30H,5-7,11-12H2,1-4H3/b26-24+. The van der Waals surface area contributed by atoms with E-state index in [0.717, 1.165) is 54.5 Å². The van der Waals surface area contributed by atoms with Crippen molar-refractivity contribution in [3.8, 4) is 5.75 Å². The highest BCUT2D eigenvalue weighted by Crippen LogP contribution is 2.44. The maximum atomic E-state index is 13.3. The molecule has 174 valence electrons. The number of carbonyl (C=O) groups excluding carboxylic acids is 2. The van der Waals surface area contributed by atoms with Gasteiger partial charge in [0.15, 0.2) is 0 Å². The van der Waals surface area contributed by atoms with Crippen LogP contribution in [0.5, 0.6) is 5.75 Å². The molecule has 1 unspecified atom stereocenters. The van der Waals surface area contributed by atoms with Crippen LogP contribution in [-0.2, 0) is 9.59 Å². The molecular weight excluding hydrogens is 414 g/mol. The number of rotatable bonds is 5. The van der Waals surface area contributed by atoms with Crippen molar-refractivity contribution in [1.82, 2.24) is 4.90 Å². The number of amides is 1. The first-order valence-electron chi connectivity index (χ1n) is 11.9. The van der Waals surface area contributed by atoms with Gasteiger partial charge in [0.1, 0.15) is 11.5 Å². The number of ether oxygens (including phenoxy) is 1. The molecule has 1 heterocycles.